The molecule has 16 heavy (non-hydrogen) atoms. The van der Waals surface area contributed by atoms with Gasteiger partial charge in [-0.25, -0.2) is 4.68 Å². The Morgan fingerprint density at radius 1 is 1.44 bits per heavy atom. The summed E-state index contributed by atoms with van der Waals surface area (Å²) >= 11 is 0. The smallest absolute Gasteiger partial charge is 0.138 e. The molecule has 0 aliphatic carbocycles. The van der Waals surface area contributed by atoms with Crippen LogP contribution >= 0.6 is 0 Å². The number of aliphatic hydroxyl groups excluding tert-OH is 1. The fourth-order valence-electron chi connectivity index (χ4n) is 1.53. The molecule has 0 aliphatic heterocycles. The standard InChI is InChI=1S/C10H14N4O2/c1-7-10(8(2)16-12-7)6-14-5-9(3-4-15)11-13-14/h5,15H,3-4,6H2,1-2H3. The monoisotopic (exact) mass is 222 g/mol. The number of aryl methyl sites for hydroxylation is 2. The average molecular weight is 222 g/mol. The maximum atomic E-state index is 8.77. The number of aliphatic hydroxyl groups is 1. The van der Waals surface area contributed by atoms with Gasteiger partial charge in [-0.2, -0.15) is 0 Å². The van der Waals surface area contributed by atoms with Gasteiger partial charge in [-0.3, -0.25) is 0 Å². The van der Waals surface area contributed by atoms with Gasteiger partial charge < -0.3 is 9.63 Å². The Labute approximate surface area is 92.9 Å². The summed E-state index contributed by atoms with van der Waals surface area (Å²) in [5, 5.41) is 20.6. The highest BCUT2D eigenvalue weighted by atomic mass is 16.5. The second-order valence-electron chi connectivity index (χ2n) is 3.68. The number of hydrogen-bond donors (Lipinski definition) is 1. The summed E-state index contributed by atoms with van der Waals surface area (Å²) in [4.78, 5) is 0. The lowest BCUT2D eigenvalue weighted by molar-refractivity contribution is 0.298. The van der Waals surface area contributed by atoms with Gasteiger partial charge in [0.2, 0.25) is 0 Å². The number of hydrogen-bond acceptors (Lipinski definition) is 5. The van der Waals surface area contributed by atoms with E-state index in [4.69, 9.17) is 9.63 Å². The van der Waals surface area contributed by atoms with Crippen molar-refractivity contribution in [1.82, 2.24) is 20.2 Å². The van der Waals surface area contributed by atoms with E-state index in [0.29, 0.717) is 13.0 Å². The zero-order valence-corrected chi connectivity index (χ0v) is 9.34. The molecule has 1 N–H and O–H groups in total. The highest BCUT2D eigenvalue weighted by Crippen LogP contribution is 2.13. The molecule has 2 rings (SSSR count). The number of nitrogens with zero attached hydrogens (tertiary/aromatic N) is 4. The van der Waals surface area contributed by atoms with Crippen LogP contribution in [0.2, 0.25) is 0 Å². The molecule has 2 heterocycles. The first-order chi connectivity index (χ1) is 7.70. The van der Waals surface area contributed by atoms with Gasteiger partial charge in [0, 0.05) is 24.8 Å². The van der Waals surface area contributed by atoms with Crippen LogP contribution in [0.4, 0.5) is 0 Å². The van der Waals surface area contributed by atoms with Crippen molar-refractivity contribution in [2.24, 2.45) is 0 Å². The maximum Gasteiger partial charge on any atom is 0.138 e. The van der Waals surface area contributed by atoms with Crippen molar-refractivity contribution in [3.8, 4) is 0 Å². The predicted octanol–water partition coefficient (Wildman–Crippen LogP) is 0.466. The molecule has 6 heteroatoms. The van der Waals surface area contributed by atoms with E-state index in [0.717, 1.165) is 22.7 Å². The Morgan fingerprint density at radius 3 is 2.88 bits per heavy atom. The zero-order valence-electron chi connectivity index (χ0n) is 9.34. The van der Waals surface area contributed by atoms with Crippen LogP contribution in [0.5, 0.6) is 0 Å². The Morgan fingerprint density at radius 2 is 2.25 bits per heavy atom. The molecule has 0 aliphatic rings. The SMILES string of the molecule is Cc1noc(C)c1Cn1cc(CCO)nn1. The summed E-state index contributed by atoms with van der Waals surface area (Å²) < 4.78 is 6.79. The lowest BCUT2D eigenvalue weighted by Gasteiger charge is -1.98. The van der Waals surface area contributed by atoms with Gasteiger partial charge in [0.1, 0.15) is 5.76 Å². The van der Waals surface area contributed by atoms with E-state index in [2.05, 4.69) is 15.5 Å². The molecule has 0 fully saturated rings. The fraction of sp³-hybridized carbons (Fsp3) is 0.500. The molecule has 0 unspecified atom stereocenters. The largest absolute Gasteiger partial charge is 0.396 e. The maximum absolute atomic E-state index is 8.77. The Bertz CT molecular complexity index is 455. The van der Waals surface area contributed by atoms with Gasteiger partial charge in [0.15, 0.2) is 0 Å². The Kier molecular flexibility index (Phi) is 3.00. The molecular formula is C10H14N4O2. The van der Waals surface area contributed by atoms with E-state index < -0.39 is 0 Å². The van der Waals surface area contributed by atoms with E-state index in [1.807, 2.05) is 20.0 Å². The second-order valence-corrected chi connectivity index (χ2v) is 3.68. The molecular weight excluding hydrogens is 208 g/mol. The molecule has 2 aromatic rings. The predicted molar refractivity (Wildman–Crippen MR) is 55.9 cm³/mol. The normalized spacial score (nSPS) is 10.9. The minimum Gasteiger partial charge on any atom is -0.396 e. The van der Waals surface area contributed by atoms with Crippen molar-refractivity contribution >= 4 is 0 Å². The van der Waals surface area contributed by atoms with Crippen molar-refractivity contribution in [1.29, 1.82) is 0 Å². The highest BCUT2D eigenvalue weighted by Gasteiger charge is 2.10. The first kappa shape index (κ1) is 10.8. The highest BCUT2D eigenvalue weighted by molar-refractivity contribution is 5.20. The van der Waals surface area contributed by atoms with Crippen molar-refractivity contribution in [3.05, 3.63) is 28.9 Å². The second kappa shape index (κ2) is 4.44. The van der Waals surface area contributed by atoms with E-state index in [9.17, 15) is 0 Å². The topological polar surface area (TPSA) is 77.0 Å². The fourth-order valence-corrected chi connectivity index (χ4v) is 1.53. The van der Waals surface area contributed by atoms with Crippen LogP contribution in [0, 0.1) is 13.8 Å². The first-order valence-corrected chi connectivity index (χ1v) is 5.12. The summed E-state index contributed by atoms with van der Waals surface area (Å²) in [7, 11) is 0. The van der Waals surface area contributed by atoms with Gasteiger partial charge in [-0.05, 0) is 13.8 Å². The molecule has 6 nitrogen and oxygen atoms in total. The van der Waals surface area contributed by atoms with Gasteiger partial charge >= 0.3 is 0 Å². The lowest BCUT2D eigenvalue weighted by Crippen LogP contribution is -2.02. The molecule has 2 aromatic heterocycles. The van der Waals surface area contributed by atoms with E-state index in [1.54, 1.807) is 4.68 Å². The van der Waals surface area contributed by atoms with E-state index >= 15 is 0 Å². The molecule has 0 aromatic carbocycles. The summed E-state index contributed by atoms with van der Waals surface area (Å²) in [5.41, 5.74) is 2.69. The van der Waals surface area contributed by atoms with Crippen LogP contribution in [-0.2, 0) is 13.0 Å². The van der Waals surface area contributed by atoms with Crippen molar-refractivity contribution < 1.29 is 9.63 Å². The van der Waals surface area contributed by atoms with Gasteiger partial charge in [0.05, 0.1) is 17.9 Å². The molecule has 0 atom stereocenters. The van der Waals surface area contributed by atoms with Gasteiger partial charge in [-0.1, -0.05) is 10.4 Å². The number of rotatable bonds is 4. The Balaban J connectivity index is 2.14. The number of aromatic nitrogens is 4. The van der Waals surface area contributed by atoms with Crippen LogP contribution in [0.25, 0.3) is 0 Å². The molecule has 0 bridgehead atoms. The van der Waals surface area contributed by atoms with Crippen LogP contribution in [-0.4, -0.2) is 31.9 Å². The van der Waals surface area contributed by atoms with Crippen LogP contribution in [0.15, 0.2) is 10.7 Å². The summed E-state index contributed by atoms with van der Waals surface area (Å²) in [5.74, 6) is 0.803. The third kappa shape index (κ3) is 2.11. The molecule has 86 valence electrons. The summed E-state index contributed by atoms with van der Waals surface area (Å²) in [6.07, 6.45) is 2.35. The summed E-state index contributed by atoms with van der Waals surface area (Å²) in [6, 6.07) is 0. The van der Waals surface area contributed by atoms with Crippen molar-refractivity contribution in [2.45, 2.75) is 26.8 Å². The third-order valence-corrected chi connectivity index (χ3v) is 2.46. The average Bonchev–Trinajstić information content (AvgIpc) is 2.81. The minimum absolute atomic E-state index is 0.0873. The zero-order chi connectivity index (χ0) is 11.5. The lowest BCUT2D eigenvalue weighted by atomic mass is 10.2. The van der Waals surface area contributed by atoms with Crippen LogP contribution in [0.3, 0.4) is 0 Å². The molecule has 0 spiro atoms. The minimum atomic E-state index is 0.0873. The van der Waals surface area contributed by atoms with Crippen molar-refractivity contribution in [2.75, 3.05) is 6.61 Å². The quantitative estimate of drug-likeness (QED) is 0.813. The van der Waals surface area contributed by atoms with Gasteiger partial charge in [0.25, 0.3) is 0 Å². The molecule has 0 amide bonds. The molecule has 0 saturated heterocycles. The first-order valence-electron chi connectivity index (χ1n) is 5.12. The van der Waals surface area contributed by atoms with E-state index in [1.165, 1.54) is 0 Å². The summed E-state index contributed by atoms with van der Waals surface area (Å²) in [6.45, 7) is 4.46. The molecule has 0 saturated carbocycles. The van der Waals surface area contributed by atoms with Crippen LogP contribution in [0.1, 0.15) is 22.7 Å². The molecule has 0 radical (unpaired) electrons. The van der Waals surface area contributed by atoms with Crippen LogP contribution < -0.4 is 0 Å². The Hall–Kier alpha value is -1.69. The van der Waals surface area contributed by atoms with Gasteiger partial charge in [-0.15, -0.1) is 5.10 Å². The van der Waals surface area contributed by atoms with E-state index in [-0.39, 0.29) is 6.61 Å². The van der Waals surface area contributed by atoms with Crippen molar-refractivity contribution in [3.63, 3.8) is 0 Å². The third-order valence-electron chi connectivity index (χ3n) is 2.46.